The number of ketones is 1. The number of halogens is 3. The summed E-state index contributed by atoms with van der Waals surface area (Å²) in [5, 5.41) is 44.5. The number of hydrogen-bond acceptors (Lipinski definition) is 13. The Kier molecular flexibility index (Phi) is 30.8. The quantitative estimate of drug-likeness (QED) is 0.0163. The summed E-state index contributed by atoms with van der Waals surface area (Å²) in [5.74, 6) is 4.94. The fourth-order valence-corrected chi connectivity index (χ4v) is 7.84. The summed E-state index contributed by atoms with van der Waals surface area (Å²) in [6.07, 6.45) is 5.59. The van der Waals surface area contributed by atoms with E-state index in [-0.39, 0.29) is 89.8 Å². The van der Waals surface area contributed by atoms with Crippen LogP contribution in [0.25, 0.3) is 22.5 Å². The number of amides is 2. The normalized spacial score (nSPS) is 11.4. The van der Waals surface area contributed by atoms with Gasteiger partial charge >= 0.3 is 0 Å². The number of nitrogens with one attached hydrogen (secondary N) is 2. The molecule has 0 bridgehead atoms. The summed E-state index contributed by atoms with van der Waals surface area (Å²) >= 11 is 12.5. The number of nitrogens with two attached hydrogens (primary N) is 1. The predicted molar refractivity (Wildman–Crippen MR) is 302 cm³/mol. The van der Waals surface area contributed by atoms with Crippen LogP contribution in [0.15, 0.2) is 102 Å². The molecule has 75 heavy (non-hydrogen) atoms. The lowest BCUT2D eigenvalue weighted by molar-refractivity contribution is 0.0921. The van der Waals surface area contributed by atoms with Crippen molar-refractivity contribution in [3.63, 3.8) is 0 Å². The fraction of sp³-hybridized carbons (Fsp3) is 0.382. The minimum absolute atomic E-state index is 0. The minimum atomic E-state index is -0.265. The second kappa shape index (κ2) is 33.6. The number of Topliss-reactive ketones (excluding diaryl/α,β-unsaturated/α-hetero) is 1. The van der Waals surface area contributed by atoms with Crippen molar-refractivity contribution in [2.24, 2.45) is 25.1 Å². The number of ether oxygens (including phenoxy) is 2. The van der Waals surface area contributed by atoms with Crippen molar-refractivity contribution in [3.05, 3.63) is 141 Å². The van der Waals surface area contributed by atoms with Gasteiger partial charge in [0.25, 0.3) is 11.8 Å². The lowest BCUT2D eigenvalue weighted by atomic mass is 10.0. The van der Waals surface area contributed by atoms with Crippen molar-refractivity contribution in [3.8, 4) is 34.0 Å². The molecular formula is C55H77Cl3N8O9. The molecule has 8 N–H and O–H groups in total. The van der Waals surface area contributed by atoms with Crippen molar-refractivity contribution < 1.29 is 44.5 Å². The Labute approximate surface area is 458 Å². The molecule has 412 valence electrons. The maximum atomic E-state index is 12.8. The molecule has 2 heterocycles. The van der Waals surface area contributed by atoms with E-state index in [4.69, 9.17) is 43.1 Å². The van der Waals surface area contributed by atoms with Crippen LogP contribution in [0.4, 0.5) is 0 Å². The zero-order valence-corrected chi connectivity index (χ0v) is 43.9. The average Bonchev–Trinajstić information content (AvgIpc) is 3.93. The Bertz CT molecular complexity index is 2730. The number of oxime groups is 1. The zero-order chi connectivity index (χ0) is 52.4. The van der Waals surface area contributed by atoms with Gasteiger partial charge in [0.15, 0.2) is 17.4 Å². The minimum Gasteiger partial charge on any atom is -0.489 e. The van der Waals surface area contributed by atoms with Crippen molar-refractivity contribution >= 4 is 58.9 Å². The largest absolute Gasteiger partial charge is 0.489 e. The molecular weight excluding hydrogens is 1020 g/mol. The third-order valence-electron chi connectivity index (χ3n) is 10.7. The highest BCUT2D eigenvalue weighted by Gasteiger charge is 2.19. The van der Waals surface area contributed by atoms with Gasteiger partial charge in [0.1, 0.15) is 17.2 Å². The molecule has 17 nitrogen and oxygen atoms in total. The van der Waals surface area contributed by atoms with Gasteiger partial charge in [0.05, 0.1) is 33.6 Å². The van der Waals surface area contributed by atoms with E-state index in [0.717, 1.165) is 33.6 Å². The van der Waals surface area contributed by atoms with Gasteiger partial charge in [-0.2, -0.15) is 0 Å². The molecule has 0 spiro atoms. The van der Waals surface area contributed by atoms with Gasteiger partial charge in [0, 0.05) is 81.0 Å². The van der Waals surface area contributed by atoms with E-state index in [1.807, 2.05) is 95.7 Å². The molecule has 0 saturated carbocycles. The lowest BCUT2D eigenvalue weighted by Gasteiger charge is -2.19. The third-order valence-corrected chi connectivity index (χ3v) is 11.3. The highest BCUT2D eigenvalue weighted by Crippen LogP contribution is 2.28. The van der Waals surface area contributed by atoms with Crippen molar-refractivity contribution in [2.45, 2.75) is 114 Å². The summed E-state index contributed by atoms with van der Waals surface area (Å²) in [4.78, 5) is 46.2. The highest BCUT2D eigenvalue weighted by molar-refractivity contribution is 6.32. The standard InChI is InChI=1S/C26H31ClN4O4.C26H30ClN3O4.3CH4.ClH.H3NO/c1-16(2)35-24-10-9-20(14-22(24)27)26(33)28-21(11-12-32)13-18-5-7-19(8-6-18)23-15-31(4)25(29-23)17(3)30-34;1-16(2)34-24-10-9-20(14-22(24)27)26(33)28-21(11-12-31)13-18-5-7-19(8-6-18)23-15-30(4)25(29-23)17(3)32;;;;;1-2/h5-10,14-16,21,32,34H,11-13H2,1-4H3,(H,28,33);5-10,14-16,21,31H,11-13H2,1-4H3,(H,28,33);3*1H4;1H;2H,1H2/b30-17+;;;;;;/t2*21-;;;;;/m11...../s1. The van der Waals surface area contributed by atoms with Gasteiger partial charge in [-0.05, 0) is 108 Å². The Balaban J connectivity index is 0.00000134. The summed E-state index contributed by atoms with van der Waals surface area (Å²) in [5.41, 5.74) is 6.60. The zero-order valence-electron chi connectivity index (χ0n) is 41.6. The Hall–Kier alpha value is -6.31. The number of aliphatic hydroxyl groups excluding tert-OH is 2. The van der Waals surface area contributed by atoms with E-state index < -0.39 is 0 Å². The number of carbonyl (C=O) groups is 3. The van der Waals surface area contributed by atoms with Crippen LogP contribution in [-0.4, -0.2) is 101 Å². The number of rotatable bonds is 20. The van der Waals surface area contributed by atoms with Crippen molar-refractivity contribution in [2.75, 3.05) is 13.2 Å². The molecule has 0 unspecified atom stereocenters. The number of hydrogen-bond donors (Lipinski definition) is 7. The van der Waals surface area contributed by atoms with E-state index in [9.17, 15) is 24.6 Å². The number of aryl methyl sites for hydroxylation is 2. The maximum Gasteiger partial charge on any atom is 0.251 e. The van der Waals surface area contributed by atoms with Gasteiger partial charge in [-0.25, -0.2) is 15.9 Å². The van der Waals surface area contributed by atoms with Crippen LogP contribution < -0.4 is 26.0 Å². The Morgan fingerprint density at radius 3 is 1.31 bits per heavy atom. The predicted octanol–water partition coefficient (Wildman–Crippen LogP) is 10.6. The summed E-state index contributed by atoms with van der Waals surface area (Å²) in [7, 11) is 3.64. The molecule has 6 rings (SSSR count). The van der Waals surface area contributed by atoms with E-state index in [1.165, 1.54) is 6.92 Å². The van der Waals surface area contributed by atoms with Crippen LogP contribution in [0.5, 0.6) is 11.5 Å². The monoisotopic (exact) mass is 1100 g/mol. The van der Waals surface area contributed by atoms with Crippen molar-refractivity contribution in [1.29, 1.82) is 0 Å². The molecule has 2 amide bonds. The summed E-state index contributed by atoms with van der Waals surface area (Å²) in [6.45, 7) is 10.7. The van der Waals surface area contributed by atoms with E-state index in [2.05, 4.69) is 31.7 Å². The first-order chi connectivity index (χ1) is 33.9. The van der Waals surface area contributed by atoms with Crippen LogP contribution in [0.1, 0.15) is 125 Å². The van der Waals surface area contributed by atoms with Crippen LogP contribution in [0.2, 0.25) is 10.0 Å². The second-order valence-electron chi connectivity index (χ2n) is 17.2. The Morgan fingerprint density at radius 2 is 1.00 bits per heavy atom. The molecule has 20 heteroatoms. The van der Waals surface area contributed by atoms with Crippen LogP contribution in [0.3, 0.4) is 0 Å². The molecule has 2 atom stereocenters. The highest BCUT2D eigenvalue weighted by atomic mass is 35.5. The molecule has 0 saturated heterocycles. The number of carbonyl (C=O) groups excluding carboxylic acids is 3. The maximum absolute atomic E-state index is 12.8. The molecule has 0 fully saturated rings. The van der Waals surface area contributed by atoms with Crippen LogP contribution in [-0.2, 0) is 26.9 Å². The molecule has 2 aromatic heterocycles. The third kappa shape index (κ3) is 20.4. The van der Waals surface area contributed by atoms with Gasteiger partial charge in [-0.1, -0.05) is 99.2 Å². The smallest absolute Gasteiger partial charge is 0.251 e. The van der Waals surface area contributed by atoms with Crippen molar-refractivity contribution in [1.82, 2.24) is 29.7 Å². The first kappa shape index (κ1) is 68.7. The Morgan fingerprint density at radius 1 is 0.640 bits per heavy atom. The molecule has 0 aliphatic heterocycles. The van der Waals surface area contributed by atoms with Gasteiger partial charge < -0.3 is 49.9 Å². The van der Waals surface area contributed by atoms with Gasteiger partial charge in [-0.15, -0.1) is 12.4 Å². The molecule has 4 aromatic carbocycles. The summed E-state index contributed by atoms with van der Waals surface area (Å²) < 4.78 is 14.8. The van der Waals surface area contributed by atoms with Crippen LogP contribution >= 0.6 is 35.6 Å². The SMILES string of the molecule is C.C.C.C/C(=N\O)c1nc(-c2ccc(C[C@@H](CCO)NC(=O)c3ccc(OC(C)C)c(Cl)c3)cc2)cn1C.CC(=O)c1nc(-c2ccc(C[C@@H](CCO)NC(=O)c3ccc(OC(C)C)c(Cl)c3)cc2)cn1C.Cl.NO. The number of imidazole rings is 2. The average molecular weight is 1100 g/mol. The first-order valence-corrected chi connectivity index (χ1v) is 23.6. The number of aliphatic hydroxyl groups is 2. The number of benzene rings is 4. The first-order valence-electron chi connectivity index (χ1n) is 22.9. The lowest BCUT2D eigenvalue weighted by Crippen LogP contribution is -2.37. The topological polar surface area (TPSA) is 249 Å². The number of nitrogens with zero attached hydrogens (tertiary/aromatic N) is 5. The fourth-order valence-electron chi connectivity index (χ4n) is 7.39. The van der Waals surface area contributed by atoms with Gasteiger partial charge in [0.2, 0.25) is 0 Å². The molecule has 0 radical (unpaired) electrons. The van der Waals surface area contributed by atoms with Gasteiger partial charge in [-0.3, -0.25) is 14.4 Å². The van der Waals surface area contributed by atoms with Crippen LogP contribution in [0, 0.1) is 0 Å². The molecule has 6 aromatic rings. The van der Waals surface area contributed by atoms with E-state index >= 15 is 0 Å². The molecule has 0 aliphatic carbocycles. The van der Waals surface area contributed by atoms with E-state index in [0.29, 0.717) is 75.7 Å². The number of aromatic nitrogens is 4. The van der Waals surface area contributed by atoms with E-state index in [1.54, 1.807) is 59.5 Å². The summed E-state index contributed by atoms with van der Waals surface area (Å²) in [6, 6.07) is 25.0. The second-order valence-corrected chi connectivity index (χ2v) is 18.0. The molecule has 0 aliphatic rings.